The lowest BCUT2D eigenvalue weighted by atomic mass is 10.1. The van der Waals surface area contributed by atoms with E-state index in [0.717, 1.165) is 30.8 Å². The number of benzene rings is 1. The molecule has 0 saturated carbocycles. The van der Waals surface area contributed by atoms with E-state index in [1.54, 1.807) is 18.6 Å². The molecule has 3 heterocycles. The molecule has 1 N–H and O–H groups in total. The van der Waals surface area contributed by atoms with Crippen LogP contribution in [0.1, 0.15) is 24.6 Å². The van der Waals surface area contributed by atoms with Gasteiger partial charge in [-0.05, 0) is 31.5 Å². The van der Waals surface area contributed by atoms with E-state index in [-0.39, 0.29) is 17.5 Å². The van der Waals surface area contributed by atoms with Gasteiger partial charge < -0.3 is 19.4 Å². The third kappa shape index (κ3) is 2.13. The summed E-state index contributed by atoms with van der Waals surface area (Å²) < 4.78 is 36.9. The van der Waals surface area contributed by atoms with E-state index < -0.39 is 6.29 Å². The topological polar surface area (TPSA) is 48.3 Å². The Hall–Kier alpha value is -2.15. The van der Waals surface area contributed by atoms with E-state index in [2.05, 4.69) is 19.8 Å². The SMILES string of the molecule is FC1(F)Oc2ccc(-n3cncc3[C@@H]3CCCN3)cc2O1. The van der Waals surface area contributed by atoms with Crippen LogP contribution < -0.4 is 14.8 Å². The molecule has 0 bridgehead atoms. The van der Waals surface area contributed by atoms with E-state index in [1.807, 2.05) is 4.57 Å². The molecule has 4 rings (SSSR count). The molecule has 1 aromatic heterocycles. The number of hydrogen-bond donors (Lipinski definition) is 1. The highest BCUT2D eigenvalue weighted by Gasteiger charge is 2.43. The highest BCUT2D eigenvalue weighted by atomic mass is 19.3. The molecular formula is C14H13F2N3O2. The standard InChI is InChI=1S/C14H13F2N3O2/c15-14(16)20-12-4-3-9(6-13(12)21-14)19-8-17-7-11(19)10-2-1-5-18-10/h3-4,6-8,10,18H,1-2,5H2/t10-/m0/s1. The van der Waals surface area contributed by atoms with Gasteiger partial charge in [-0.3, -0.25) is 0 Å². The van der Waals surface area contributed by atoms with Gasteiger partial charge in [-0.2, -0.15) is 0 Å². The van der Waals surface area contributed by atoms with E-state index >= 15 is 0 Å². The molecule has 1 saturated heterocycles. The smallest absolute Gasteiger partial charge is 0.395 e. The molecule has 7 heteroatoms. The molecule has 0 unspecified atom stereocenters. The van der Waals surface area contributed by atoms with E-state index in [9.17, 15) is 8.78 Å². The largest absolute Gasteiger partial charge is 0.586 e. The summed E-state index contributed by atoms with van der Waals surface area (Å²) in [6.45, 7) is 0.975. The minimum absolute atomic E-state index is 0.0385. The van der Waals surface area contributed by atoms with Crippen LogP contribution in [0.15, 0.2) is 30.7 Å². The highest BCUT2D eigenvalue weighted by molar-refractivity contribution is 5.51. The number of aromatic nitrogens is 2. The number of rotatable bonds is 2. The molecule has 1 fully saturated rings. The van der Waals surface area contributed by atoms with Gasteiger partial charge in [-0.1, -0.05) is 0 Å². The third-order valence-electron chi connectivity index (χ3n) is 3.75. The minimum atomic E-state index is -3.59. The quantitative estimate of drug-likeness (QED) is 0.924. The van der Waals surface area contributed by atoms with Gasteiger partial charge in [-0.15, -0.1) is 8.78 Å². The average Bonchev–Trinajstić information content (AvgIpc) is 3.14. The maximum absolute atomic E-state index is 13.1. The van der Waals surface area contributed by atoms with Crippen molar-refractivity contribution < 1.29 is 18.3 Å². The zero-order valence-electron chi connectivity index (χ0n) is 11.1. The van der Waals surface area contributed by atoms with E-state index in [1.165, 1.54) is 12.1 Å². The molecule has 2 aliphatic rings. The molecule has 2 aliphatic heterocycles. The van der Waals surface area contributed by atoms with Crippen LogP contribution in [0, 0.1) is 0 Å². The monoisotopic (exact) mass is 293 g/mol. The molecule has 0 radical (unpaired) electrons. The molecular weight excluding hydrogens is 280 g/mol. The number of alkyl halides is 2. The third-order valence-corrected chi connectivity index (χ3v) is 3.75. The van der Waals surface area contributed by atoms with Crippen molar-refractivity contribution in [1.29, 1.82) is 0 Å². The number of hydrogen-bond acceptors (Lipinski definition) is 4. The number of imidazole rings is 1. The van der Waals surface area contributed by atoms with Gasteiger partial charge >= 0.3 is 6.29 Å². The Morgan fingerprint density at radius 2 is 2.14 bits per heavy atom. The van der Waals surface area contributed by atoms with Gasteiger partial charge in [0.05, 0.1) is 23.9 Å². The summed E-state index contributed by atoms with van der Waals surface area (Å²) in [7, 11) is 0. The maximum Gasteiger partial charge on any atom is 0.586 e. The predicted octanol–water partition coefficient (Wildman–Crippen LogP) is 2.62. The first-order chi connectivity index (χ1) is 10.1. The van der Waals surface area contributed by atoms with Crippen molar-refractivity contribution in [2.45, 2.75) is 25.2 Å². The first kappa shape index (κ1) is 12.6. The summed E-state index contributed by atoms with van der Waals surface area (Å²) in [5.74, 6) is 0.0842. The van der Waals surface area contributed by atoms with Gasteiger partial charge in [0.25, 0.3) is 0 Å². The van der Waals surface area contributed by atoms with Crippen LogP contribution >= 0.6 is 0 Å². The van der Waals surface area contributed by atoms with Gasteiger partial charge in [-0.25, -0.2) is 4.98 Å². The Morgan fingerprint density at radius 1 is 1.29 bits per heavy atom. The van der Waals surface area contributed by atoms with Crippen molar-refractivity contribution in [2.24, 2.45) is 0 Å². The molecule has 2 aromatic rings. The fraction of sp³-hybridized carbons (Fsp3) is 0.357. The zero-order valence-corrected chi connectivity index (χ0v) is 11.1. The van der Waals surface area contributed by atoms with Gasteiger partial charge in [0.2, 0.25) is 0 Å². The second-order valence-corrected chi connectivity index (χ2v) is 5.14. The Kier molecular flexibility index (Phi) is 2.65. The first-order valence-electron chi connectivity index (χ1n) is 6.78. The fourth-order valence-corrected chi connectivity index (χ4v) is 2.80. The second-order valence-electron chi connectivity index (χ2n) is 5.14. The van der Waals surface area contributed by atoms with Crippen LogP contribution in [0.4, 0.5) is 8.78 Å². The molecule has 21 heavy (non-hydrogen) atoms. The van der Waals surface area contributed by atoms with Crippen molar-refractivity contribution >= 4 is 0 Å². The molecule has 110 valence electrons. The first-order valence-corrected chi connectivity index (χ1v) is 6.78. The normalized spacial score (nSPS) is 22.7. The van der Waals surface area contributed by atoms with Gasteiger partial charge in [0, 0.05) is 12.1 Å². The lowest BCUT2D eigenvalue weighted by Crippen LogP contribution is -2.25. The summed E-state index contributed by atoms with van der Waals surface area (Å²) in [4.78, 5) is 4.17. The Bertz CT molecular complexity index is 681. The summed E-state index contributed by atoms with van der Waals surface area (Å²) in [6, 6.07) is 4.97. The van der Waals surface area contributed by atoms with Crippen LogP contribution in [-0.2, 0) is 0 Å². The number of nitrogens with one attached hydrogen (secondary N) is 1. The number of fused-ring (bicyclic) bond motifs is 1. The lowest BCUT2D eigenvalue weighted by molar-refractivity contribution is -0.286. The van der Waals surface area contributed by atoms with Gasteiger partial charge in [0.15, 0.2) is 11.5 Å². The summed E-state index contributed by atoms with van der Waals surface area (Å²) in [5, 5.41) is 3.40. The molecule has 0 aliphatic carbocycles. The van der Waals surface area contributed by atoms with Crippen LogP contribution in [0.2, 0.25) is 0 Å². The maximum atomic E-state index is 13.1. The van der Waals surface area contributed by atoms with E-state index in [0.29, 0.717) is 0 Å². The molecule has 5 nitrogen and oxygen atoms in total. The number of halogens is 2. The number of nitrogens with zero attached hydrogens (tertiary/aromatic N) is 2. The van der Waals surface area contributed by atoms with Crippen LogP contribution in [-0.4, -0.2) is 22.4 Å². The van der Waals surface area contributed by atoms with Crippen molar-refractivity contribution in [1.82, 2.24) is 14.9 Å². The van der Waals surface area contributed by atoms with Crippen molar-refractivity contribution in [3.8, 4) is 17.2 Å². The molecule has 0 amide bonds. The van der Waals surface area contributed by atoms with Gasteiger partial charge in [0.1, 0.15) is 0 Å². The Morgan fingerprint density at radius 3 is 2.95 bits per heavy atom. The minimum Gasteiger partial charge on any atom is -0.395 e. The summed E-state index contributed by atoms with van der Waals surface area (Å²) in [5.41, 5.74) is 1.73. The second kappa shape index (κ2) is 4.42. The summed E-state index contributed by atoms with van der Waals surface area (Å²) in [6.07, 6.45) is 2.02. The molecule has 0 spiro atoms. The number of ether oxygens (including phenoxy) is 2. The average molecular weight is 293 g/mol. The van der Waals surface area contributed by atoms with Crippen LogP contribution in [0.5, 0.6) is 11.5 Å². The predicted molar refractivity (Wildman–Crippen MR) is 69.7 cm³/mol. The van der Waals surface area contributed by atoms with Crippen molar-refractivity contribution in [3.63, 3.8) is 0 Å². The lowest BCUT2D eigenvalue weighted by Gasteiger charge is -2.14. The molecule has 1 atom stereocenters. The van der Waals surface area contributed by atoms with Crippen LogP contribution in [0.25, 0.3) is 5.69 Å². The van der Waals surface area contributed by atoms with E-state index in [4.69, 9.17) is 0 Å². The zero-order chi connectivity index (χ0) is 14.4. The van der Waals surface area contributed by atoms with Crippen LogP contribution in [0.3, 0.4) is 0 Å². The highest BCUT2D eigenvalue weighted by Crippen LogP contribution is 2.42. The summed E-state index contributed by atoms with van der Waals surface area (Å²) >= 11 is 0. The Balaban J connectivity index is 1.71. The van der Waals surface area contributed by atoms with Crippen molar-refractivity contribution in [2.75, 3.05) is 6.54 Å². The Labute approximate surface area is 119 Å². The molecule has 1 aromatic carbocycles. The van der Waals surface area contributed by atoms with Crippen molar-refractivity contribution in [3.05, 3.63) is 36.4 Å². The fourth-order valence-electron chi connectivity index (χ4n) is 2.80.